The summed E-state index contributed by atoms with van der Waals surface area (Å²) in [5, 5.41) is 21.8. The van der Waals surface area contributed by atoms with E-state index in [0.717, 1.165) is 25.2 Å². The molecule has 2 aromatic rings. The summed E-state index contributed by atoms with van der Waals surface area (Å²) in [5.41, 5.74) is -0.136. The maximum Gasteiger partial charge on any atom is 0.293 e. The molecule has 0 bridgehead atoms. The van der Waals surface area contributed by atoms with E-state index in [0.29, 0.717) is 17.7 Å². The van der Waals surface area contributed by atoms with Gasteiger partial charge in [-0.2, -0.15) is 0 Å². The number of sulfone groups is 1. The minimum Gasteiger partial charge on any atom is -0.423 e. The summed E-state index contributed by atoms with van der Waals surface area (Å²) >= 11 is 0. The molecule has 0 radical (unpaired) electrons. The highest BCUT2D eigenvalue weighted by Crippen LogP contribution is 2.39. The van der Waals surface area contributed by atoms with Gasteiger partial charge in [-0.15, -0.1) is 10.2 Å². The van der Waals surface area contributed by atoms with Crippen LogP contribution in [0.4, 0.5) is 11.4 Å². The molecular weight excluding hydrogens is 324 g/mol. The van der Waals surface area contributed by atoms with Crippen LogP contribution in [0.1, 0.15) is 30.5 Å². The highest BCUT2D eigenvalue weighted by atomic mass is 32.2. The first-order valence-corrected chi connectivity index (χ1v) is 8.78. The molecule has 3 rings (SSSR count). The first-order chi connectivity index (χ1) is 10.8. The van der Waals surface area contributed by atoms with Gasteiger partial charge in [-0.25, -0.2) is 8.42 Å². The lowest BCUT2D eigenvalue weighted by Gasteiger charge is -2.06. The molecular formula is C13H14N4O5S. The summed E-state index contributed by atoms with van der Waals surface area (Å²) in [5.74, 6) is 1.25. The topological polar surface area (TPSA) is 128 Å². The maximum atomic E-state index is 11.5. The molecule has 0 saturated heterocycles. The second-order valence-electron chi connectivity index (χ2n) is 5.37. The summed E-state index contributed by atoms with van der Waals surface area (Å²) in [7, 11) is -3.52. The van der Waals surface area contributed by atoms with Crippen LogP contribution in [-0.4, -0.2) is 29.8 Å². The molecule has 0 amide bonds. The van der Waals surface area contributed by atoms with Crippen molar-refractivity contribution in [2.75, 3.05) is 11.6 Å². The number of rotatable bonds is 6. The van der Waals surface area contributed by atoms with Crippen molar-refractivity contribution < 1.29 is 17.8 Å². The van der Waals surface area contributed by atoms with Crippen LogP contribution in [0, 0.1) is 10.1 Å². The molecule has 23 heavy (non-hydrogen) atoms. The van der Waals surface area contributed by atoms with E-state index in [2.05, 4.69) is 15.5 Å². The Hall–Kier alpha value is -2.49. The number of nitrogens with zero attached hydrogens (tertiary/aromatic N) is 3. The highest BCUT2D eigenvalue weighted by molar-refractivity contribution is 7.90. The zero-order valence-electron chi connectivity index (χ0n) is 12.2. The van der Waals surface area contributed by atoms with Gasteiger partial charge in [-0.05, 0) is 25.0 Å². The van der Waals surface area contributed by atoms with Crippen LogP contribution in [-0.2, 0) is 16.4 Å². The molecule has 1 N–H and O–H groups in total. The SMILES string of the molecule is CS(=O)(=O)c1ccc(NCc2nnc(C3CC3)o2)c([N+](=O)[O-])c1. The molecule has 1 aliphatic rings. The zero-order chi connectivity index (χ0) is 16.6. The van der Waals surface area contributed by atoms with Crippen LogP contribution in [0.3, 0.4) is 0 Å². The molecule has 0 aliphatic heterocycles. The summed E-state index contributed by atoms with van der Waals surface area (Å²) in [4.78, 5) is 10.4. The number of nitrogens with one attached hydrogen (secondary N) is 1. The van der Waals surface area contributed by atoms with Gasteiger partial charge in [0.05, 0.1) is 16.4 Å². The van der Waals surface area contributed by atoms with Crippen molar-refractivity contribution in [2.24, 2.45) is 0 Å². The maximum absolute atomic E-state index is 11.5. The number of hydrogen-bond donors (Lipinski definition) is 1. The zero-order valence-corrected chi connectivity index (χ0v) is 13.0. The molecule has 1 fully saturated rings. The average molecular weight is 338 g/mol. The van der Waals surface area contributed by atoms with Gasteiger partial charge in [-0.1, -0.05) is 0 Å². The predicted molar refractivity (Wildman–Crippen MR) is 79.8 cm³/mol. The lowest BCUT2D eigenvalue weighted by molar-refractivity contribution is -0.384. The van der Waals surface area contributed by atoms with Gasteiger partial charge in [0.25, 0.3) is 5.69 Å². The molecule has 0 spiro atoms. The van der Waals surface area contributed by atoms with Crippen LogP contribution < -0.4 is 5.32 Å². The van der Waals surface area contributed by atoms with E-state index in [-0.39, 0.29) is 22.8 Å². The number of nitro benzene ring substituents is 1. The summed E-state index contributed by atoms with van der Waals surface area (Å²) < 4.78 is 28.4. The van der Waals surface area contributed by atoms with Crippen molar-refractivity contribution >= 4 is 21.2 Å². The third-order valence-electron chi connectivity index (χ3n) is 3.43. The number of benzene rings is 1. The standard InChI is InChI=1S/C13H14N4O5S/c1-23(20,21)9-4-5-10(11(6-9)17(18)19)14-7-12-15-16-13(22-12)8-2-3-8/h4-6,8,14H,2-3,7H2,1H3. The monoisotopic (exact) mass is 338 g/mol. The van der Waals surface area contributed by atoms with E-state index >= 15 is 0 Å². The third-order valence-corrected chi connectivity index (χ3v) is 4.54. The van der Waals surface area contributed by atoms with Crippen molar-refractivity contribution in [3.63, 3.8) is 0 Å². The van der Waals surface area contributed by atoms with Gasteiger partial charge >= 0.3 is 0 Å². The first kappa shape index (κ1) is 15.4. The van der Waals surface area contributed by atoms with E-state index in [9.17, 15) is 18.5 Å². The molecule has 122 valence electrons. The van der Waals surface area contributed by atoms with Gasteiger partial charge in [-0.3, -0.25) is 10.1 Å². The average Bonchev–Trinajstić information content (AvgIpc) is 3.23. The summed E-state index contributed by atoms with van der Waals surface area (Å²) in [6.07, 6.45) is 3.07. The van der Waals surface area contributed by atoms with Crippen molar-refractivity contribution in [3.8, 4) is 0 Å². The Morgan fingerprint density at radius 2 is 2.13 bits per heavy atom. The Balaban J connectivity index is 1.79. The fraction of sp³-hybridized carbons (Fsp3) is 0.385. The van der Waals surface area contributed by atoms with Crippen LogP contribution in [0.5, 0.6) is 0 Å². The molecule has 0 unspecified atom stereocenters. The minimum atomic E-state index is -3.52. The Bertz CT molecular complexity index is 857. The molecule has 1 saturated carbocycles. The van der Waals surface area contributed by atoms with Crippen molar-refractivity contribution in [1.29, 1.82) is 0 Å². The lowest BCUT2D eigenvalue weighted by atomic mass is 10.2. The second kappa shape index (κ2) is 5.61. The number of hydrogen-bond acceptors (Lipinski definition) is 8. The highest BCUT2D eigenvalue weighted by Gasteiger charge is 2.29. The number of aromatic nitrogens is 2. The van der Waals surface area contributed by atoms with Crippen LogP contribution in [0.15, 0.2) is 27.5 Å². The summed E-state index contributed by atoms with van der Waals surface area (Å²) in [6, 6.07) is 3.70. The van der Waals surface area contributed by atoms with Gasteiger partial charge in [0.15, 0.2) is 9.84 Å². The molecule has 9 nitrogen and oxygen atoms in total. The molecule has 1 aromatic carbocycles. The molecule has 1 aliphatic carbocycles. The molecule has 0 atom stereocenters. The lowest BCUT2D eigenvalue weighted by Crippen LogP contribution is -2.05. The predicted octanol–water partition coefficient (Wildman–Crippen LogP) is 1.87. The smallest absolute Gasteiger partial charge is 0.293 e. The van der Waals surface area contributed by atoms with Gasteiger partial charge in [0.1, 0.15) is 5.69 Å². The van der Waals surface area contributed by atoms with Crippen LogP contribution in [0.25, 0.3) is 0 Å². The van der Waals surface area contributed by atoms with Crippen molar-refractivity contribution in [2.45, 2.75) is 30.2 Å². The minimum absolute atomic E-state index is 0.108. The van der Waals surface area contributed by atoms with E-state index in [1.165, 1.54) is 12.1 Å². The van der Waals surface area contributed by atoms with E-state index < -0.39 is 14.8 Å². The Labute approximate surface area is 131 Å². The van der Waals surface area contributed by atoms with Gasteiger partial charge in [0.2, 0.25) is 11.8 Å². The van der Waals surface area contributed by atoms with Crippen molar-refractivity contribution in [1.82, 2.24) is 10.2 Å². The molecule has 1 heterocycles. The van der Waals surface area contributed by atoms with Gasteiger partial charge in [0, 0.05) is 18.2 Å². The largest absolute Gasteiger partial charge is 0.423 e. The second-order valence-corrected chi connectivity index (χ2v) is 7.39. The van der Waals surface area contributed by atoms with E-state index in [1.54, 1.807) is 0 Å². The van der Waals surface area contributed by atoms with E-state index in [4.69, 9.17) is 4.42 Å². The Kier molecular flexibility index (Phi) is 3.76. The normalized spacial score (nSPS) is 14.7. The fourth-order valence-electron chi connectivity index (χ4n) is 2.05. The number of anilines is 1. The first-order valence-electron chi connectivity index (χ1n) is 6.89. The van der Waals surface area contributed by atoms with Crippen molar-refractivity contribution in [3.05, 3.63) is 40.1 Å². The van der Waals surface area contributed by atoms with Crippen LogP contribution in [0.2, 0.25) is 0 Å². The molecule has 10 heteroatoms. The van der Waals surface area contributed by atoms with Crippen LogP contribution >= 0.6 is 0 Å². The Morgan fingerprint density at radius 1 is 1.39 bits per heavy atom. The fourth-order valence-corrected chi connectivity index (χ4v) is 2.69. The summed E-state index contributed by atoms with van der Waals surface area (Å²) in [6.45, 7) is 0.124. The number of nitro groups is 1. The Morgan fingerprint density at radius 3 is 2.74 bits per heavy atom. The third kappa shape index (κ3) is 3.47. The molecule has 1 aromatic heterocycles. The van der Waals surface area contributed by atoms with Gasteiger partial charge < -0.3 is 9.73 Å². The quantitative estimate of drug-likeness (QED) is 0.624. The van der Waals surface area contributed by atoms with E-state index in [1.807, 2.05) is 0 Å².